The SMILES string of the molecule is CCC(F)C/C=C/CCC(C)C. The second kappa shape index (κ2) is 7.33. The fraction of sp³-hybridized carbons (Fsp3) is 0.818. The third-order valence-electron chi connectivity index (χ3n) is 1.91. The van der Waals surface area contributed by atoms with E-state index in [-0.39, 0.29) is 0 Å². The third-order valence-corrected chi connectivity index (χ3v) is 1.91. The number of alkyl halides is 1. The average molecular weight is 172 g/mol. The molecule has 72 valence electrons. The summed E-state index contributed by atoms with van der Waals surface area (Å²) in [5.41, 5.74) is 0. The molecule has 0 aliphatic carbocycles. The molecule has 0 aliphatic heterocycles. The summed E-state index contributed by atoms with van der Waals surface area (Å²) >= 11 is 0. The summed E-state index contributed by atoms with van der Waals surface area (Å²) in [6, 6.07) is 0. The van der Waals surface area contributed by atoms with Gasteiger partial charge >= 0.3 is 0 Å². The fourth-order valence-electron chi connectivity index (χ4n) is 0.958. The van der Waals surface area contributed by atoms with E-state index in [2.05, 4.69) is 19.9 Å². The van der Waals surface area contributed by atoms with E-state index in [0.717, 1.165) is 12.3 Å². The van der Waals surface area contributed by atoms with Crippen LogP contribution < -0.4 is 0 Å². The third kappa shape index (κ3) is 7.77. The first-order valence-corrected chi connectivity index (χ1v) is 4.95. The molecule has 0 fully saturated rings. The highest BCUT2D eigenvalue weighted by molar-refractivity contribution is 4.83. The highest BCUT2D eigenvalue weighted by Gasteiger charge is 1.97. The van der Waals surface area contributed by atoms with Gasteiger partial charge in [0.25, 0.3) is 0 Å². The standard InChI is InChI=1S/C11H21F/c1-4-11(12)9-7-5-6-8-10(2)3/h5,7,10-11H,4,6,8-9H2,1-3H3/b7-5+. The van der Waals surface area contributed by atoms with Crippen molar-refractivity contribution < 1.29 is 4.39 Å². The van der Waals surface area contributed by atoms with Crippen molar-refractivity contribution in [2.75, 3.05) is 0 Å². The maximum Gasteiger partial charge on any atom is 0.103 e. The zero-order chi connectivity index (χ0) is 9.40. The van der Waals surface area contributed by atoms with E-state index >= 15 is 0 Å². The van der Waals surface area contributed by atoms with Crippen molar-refractivity contribution in [1.82, 2.24) is 0 Å². The Morgan fingerprint density at radius 2 is 1.92 bits per heavy atom. The molecule has 0 saturated carbocycles. The summed E-state index contributed by atoms with van der Waals surface area (Å²) in [5.74, 6) is 0.752. The van der Waals surface area contributed by atoms with Crippen LogP contribution in [-0.2, 0) is 0 Å². The van der Waals surface area contributed by atoms with Gasteiger partial charge in [-0.05, 0) is 31.6 Å². The van der Waals surface area contributed by atoms with E-state index in [9.17, 15) is 4.39 Å². The van der Waals surface area contributed by atoms with E-state index in [1.807, 2.05) is 13.0 Å². The first kappa shape index (κ1) is 11.7. The molecule has 0 radical (unpaired) electrons. The second-order valence-corrected chi connectivity index (χ2v) is 3.68. The summed E-state index contributed by atoms with van der Waals surface area (Å²) in [5, 5.41) is 0. The molecule has 0 N–H and O–H groups in total. The van der Waals surface area contributed by atoms with Gasteiger partial charge in [0.05, 0.1) is 0 Å². The average Bonchev–Trinajstić information content (AvgIpc) is 2.03. The molecule has 0 aliphatic rings. The molecule has 1 atom stereocenters. The van der Waals surface area contributed by atoms with Crippen LogP contribution in [0.25, 0.3) is 0 Å². The Kier molecular flexibility index (Phi) is 7.12. The molecule has 0 aromatic carbocycles. The predicted molar refractivity (Wildman–Crippen MR) is 53.0 cm³/mol. The lowest BCUT2D eigenvalue weighted by Gasteiger charge is -2.00. The van der Waals surface area contributed by atoms with E-state index in [4.69, 9.17) is 0 Å². The summed E-state index contributed by atoms with van der Waals surface area (Å²) in [4.78, 5) is 0. The minimum atomic E-state index is -0.639. The van der Waals surface area contributed by atoms with Crippen LogP contribution in [0.2, 0.25) is 0 Å². The van der Waals surface area contributed by atoms with Gasteiger partial charge in [-0.15, -0.1) is 0 Å². The van der Waals surface area contributed by atoms with Crippen LogP contribution >= 0.6 is 0 Å². The molecule has 12 heavy (non-hydrogen) atoms. The zero-order valence-electron chi connectivity index (χ0n) is 8.52. The maximum absolute atomic E-state index is 12.7. The van der Waals surface area contributed by atoms with Crippen LogP contribution in [0.15, 0.2) is 12.2 Å². The van der Waals surface area contributed by atoms with Crippen molar-refractivity contribution in [3.05, 3.63) is 12.2 Å². The lowest BCUT2D eigenvalue weighted by Crippen LogP contribution is -1.93. The van der Waals surface area contributed by atoms with E-state index in [1.54, 1.807) is 0 Å². The normalized spacial score (nSPS) is 14.4. The van der Waals surface area contributed by atoms with Gasteiger partial charge in [-0.1, -0.05) is 32.9 Å². The number of allylic oxidation sites excluding steroid dienone is 2. The van der Waals surface area contributed by atoms with Crippen LogP contribution in [0.4, 0.5) is 4.39 Å². The molecule has 0 aromatic heterocycles. The smallest absolute Gasteiger partial charge is 0.103 e. The first-order chi connectivity index (χ1) is 5.66. The number of hydrogen-bond acceptors (Lipinski definition) is 0. The van der Waals surface area contributed by atoms with Crippen molar-refractivity contribution in [3.63, 3.8) is 0 Å². The Morgan fingerprint density at radius 3 is 2.42 bits per heavy atom. The molecule has 0 saturated heterocycles. The number of halogens is 1. The molecule has 0 heterocycles. The van der Waals surface area contributed by atoms with Gasteiger partial charge < -0.3 is 0 Å². The van der Waals surface area contributed by atoms with Gasteiger partial charge in [0, 0.05) is 0 Å². The van der Waals surface area contributed by atoms with Crippen LogP contribution in [0.5, 0.6) is 0 Å². The van der Waals surface area contributed by atoms with Gasteiger partial charge in [0.1, 0.15) is 6.17 Å². The van der Waals surface area contributed by atoms with Gasteiger partial charge in [-0.25, -0.2) is 4.39 Å². The second-order valence-electron chi connectivity index (χ2n) is 3.68. The fourth-order valence-corrected chi connectivity index (χ4v) is 0.958. The van der Waals surface area contributed by atoms with Crippen LogP contribution in [0.3, 0.4) is 0 Å². The van der Waals surface area contributed by atoms with Crippen molar-refractivity contribution in [3.8, 4) is 0 Å². The maximum atomic E-state index is 12.7. The van der Waals surface area contributed by atoms with E-state index < -0.39 is 6.17 Å². The van der Waals surface area contributed by atoms with E-state index in [1.165, 1.54) is 6.42 Å². The van der Waals surface area contributed by atoms with Crippen LogP contribution in [-0.4, -0.2) is 6.17 Å². The van der Waals surface area contributed by atoms with Crippen molar-refractivity contribution in [1.29, 1.82) is 0 Å². The Hall–Kier alpha value is -0.330. The zero-order valence-corrected chi connectivity index (χ0v) is 8.52. The number of hydrogen-bond donors (Lipinski definition) is 0. The molecule has 0 aromatic rings. The molecule has 1 heteroatoms. The summed E-state index contributed by atoms with van der Waals surface area (Å²) < 4.78 is 12.7. The summed E-state index contributed by atoms with van der Waals surface area (Å²) in [6.45, 7) is 6.29. The highest BCUT2D eigenvalue weighted by atomic mass is 19.1. The topological polar surface area (TPSA) is 0 Å². The number of rotatable bonds is 6. The Balaban J connectivity index is 3.25. The molecular formula is C11H21F. The van der Waals surface area contributed by atoms with Crippen LogP contribution in [0, 0.1) is 5.92 Å². The molecule has 0 spiro atoms. The van der Waals surface area contributed by atoms with Gasteiger partial charge in [-0.2, -0.15) is 0 Å². The van der Waals surface area contributed by atoms with Crippen molar-refractivity contribution in [2.45, 2.75) is 52.6 Å². The lowest BCUT2D eigenvalue weighted by molar-refractivity contribution is 0.327. The van der Waals surface area contributed by atoms with Crippen molar-refractivity contribution >= 4 is 0 Å². The quantitative estimate of drug-likeness (QED) is 0.529. The molecule has 0 bridgehead atoms. The van der Waals surface area contributed by atoms with Gasteiger partial charge in [0.15, 0.2) is 0 Å². The highest BCUT2D eigenvalue weighted by Crippen LogP contribution is 2.07. The largest absolute Gasteiger partial charge is 0.247 e. The minimum absolute atomic E-state index is 0.592. The Morgan fingerprint density at radius 1 is 1.25 bits per heavy atom. The Labute approximate surface area is 75.9 Å². The molecule has 0 rings (SSSR count). The predicted octanol–water partition coefficient (Wildman–Crippen LogP) is 4.12. The van der Waals surface area contributed by atoms with Gasteiger partial charge in [-0.3, -0.25) is 0 Å². The molecular weight excluding hydrogens is 151 g/mol. The Bertz CT molecular complexity index is 116. The van der Waals surface area contributed by atoms with Gasteiger partial charge in [0.2, 0.25) is 0 Å². The molecule has 0 amide bonds. The first-order valence-electron chi connectivity index (χ1n) is 4.95. The molecule has 1 unspecified atom stereocenters. The summed E-state index contributed by atoms with van der Waals surface area (Å²) in [6.07, 6.45) is 6.95. The van der Waals surface area contributed by atoms with Crippen molar-refractivity contribution in [2.24, 2.45) is 5.92 Å². The minimum Gasteiger partial charge on any atom is -0.247 e. The summed E-state index contributed by atoms with van der Waals surface area (Å²) in [7, 11) is 0. The monoisotopic (exact) mass is 172 g/mol. The van der Waals surface area contributed by atoms with Crippen LogP contribution in [0.1, 0.15) is 46.5 Å². The lowest BCUT2D eigenvalue weighted by atomic mass is 10.1. The molecule has 0 nitrogen and oxygen atoms in total. The van der Waals surface area contributed by atoms with E-state index in [0.29, 0.717) is 12.8 Å².